The van der Waals surface area contributed by atoms with Crippen molar-refractivity contribution in [1.29, 1.82) is 0 Å². The second-order valence-corrected chi connectivity index (χ2v) is 5.11. The molecule has 1 fully saturated rings. The third kappa shape index (κ3) is 1.91. The van der Waals surface area contributed by atoms with Gasteiger partial charge < -0.3 is 4.74 Å². The Bertz CT molecular complexity index is 724. The maximum Gasteiger partial charge on any atom is 0.150 e. The van der Waals surface area contributed by atoms with Crippen LogP contribution in [0.3, 0.4) is 0 Å². The monoisotopic (exact) mass is 268 g/mol. The molecule has 4 heterocycles. The third-order valence-electron chi connectivity index (χ3n) is 3.77. The highest BCUT2D eigenvalue weighted by Gasteiger charge is 2.17. The average molecular weight is 268 g/mol. The van der Waals surface area contributed by atoms with E-state index in [1.807, 2.05) is 46.0 Å². The normalized spacial score (nSPS) is 19.5. The van der Waals surface area contributed by atoms with Gasteiger partial charge in [-0.1, -0.05) is 6.07 Å². The Morgan fingerprint density at radius 2 is 2.15 bits per heavy atom. The Morgan fingerprint density at radius 1 is 1.15 bits per heavy atom. The summed E-state index contributed by atoms with van der Waals surface area (Å²) in [7, 11) is 0. The Balaban J connectivity index is 1.72. The van der Waals surface area contributed by atoms with Crippen molar-refractivity contribution in [3.05, 3.63) is 42.9 Å². The summed E-state index contributed by atoms with van der Waals surface area (Å²) in [5, 5.41) is 8.82. The highest BCUT2D eigenvalue weighted by atomic mass is 16.5. The maximum atomic E-state index is 5.76. The number of ether oxygens (including phenoxy) is 1. The first-order valence-corrected chi connectivity index (χ1v) is 7.01. The zero-order valence-electron chi connectivity index (χ0n) is 11.1. The molecular weight excluding hydrogens is 252 g/mol. The number of rotatable bonds is 2. The molecule has 1 saturated heterocycles. The molecule has 0 aliphatic carbocycles. The van der Waals surface area contributed by atoms with Crippen LogP contribution in [0.1, 0.15) is 25.5 Å². The van der Waals surface area contributed by atoms with Crippen molar-refractivity contribution in [3.63, 3.8) is 0 Å². The highest BCUT2D eigenvalue weighted by molar-refractivity contribution is 5.62. The Hall–Kier alpha value is -2.14. The number of aromatic nitrogens is 4. The van der Waals surface area contributed by atoms with E-state index in [0.29, 0.717) is 0 Å². The zero-order valence-corrected chi connectivity index (χ0v) is 11.1. The molecule has 5 heteroatoms. The molecule has 3 aromatic rings. The van der Waals surface area contributed by atoms with E-state index >= 15 is 0 Å². The fourth-order valence-corrected chi connectivity index (χ4v) is 2.73. The lowest BCUT2D eigenvalue weighted by molar-refractivity contribution is -0.0394. The minimum atomic E-state index is 0.0781. The number of pyridine rings is 1. The van der Waals surface area contributed by atoms with Crippen molar-refractivity contribution in [1.82, 2.24) is 19.4 Å². The van der Waals surface area contributed by atoms with E-state index in [9.17, 15) is 0 Å². The third-order valence-corrected chi connectivity index (χ3v) is 3.77. The van der Waals surface area contributed by atoms with E-state index < -0.39 is 0 Å². The fourth-order valence-electron chi connectivity index (χ4n) is 2.73. The van der Waals surface area contributed by atoms with Crippen LogP contribution >= 0.6 is 0 Å². The minimum Gasteiger partial charge on any atom is -0.357 e. The van der Waals surface area contributed by atoms with Crippen LogP contribution in [0.4, 0.5) is 0 Å². The predicted molar refractivity (Wildman–Crippen MR) is 75.3 cm³/mol. The van der Waals surface area contributed by atoms with Crippen molar-refractivity contribution in [2.24, 2.45) is 0 Å². The Labute approximate surface area is 116 Å². The molecule has 0 spiro atoms. The first-order chi connectivity index (χ1) is 9.92. The van der Waals surface area contributed by atoms with Crippen LogP contribution < -0.4 is 0 Å². The maximum absolute atomic E-state index is 5.76. The smallest absolute Gasteiger partial charge is 0.150 e. The van der Waals surface area contributed by atoms with Crippen molar-refractivity contribution in [3.8, 4) is 11.3 Å². The van der Waals surface area contributed by atoms with Gasteiger partial charge in [0.05, 0.1) is 23.6 Å². The molecule has 0 N–H and O–H groups in total. The summed E-state index contributed by atoms with van der Waals surface area (Å²) in [5.74, 6) is 0. The van der Waals surface area contributed by atoms with E-state index in [2.05, 4.69) is 16.3 Å². The zero-order chi connectivity index (χ0) is 13.4. The van der Waals surface area contributed by atoms with Gasteiger partial charge in [0, 0.05) is 18.4 Å². The predicted octanol–water partition coefficient (Wildman–Crippen LogP) is 2.90. The highest BCUT2D eigenvalue weighted by Crippen LogP contribution is 2.25. The molecule has 0 saturated carbocycles. The van der Waals surface area contributed by atoms with Gasteiger partial charge >= 0.3 is 0 Å². The van der Waals surface area contributed by atoms with Crippen LogP contribution in [-0.4, -0.2) is 26.0 Å². The lowest BCUT2D eigenvalue weighted by Gasteiger charge is -2.22. The molecule has 5 nitrogen and oxygen atoms in total. The summed E-state index contributed by atoms with van der Waals surface area (Å²) in [4.78, 5) is 0. The second-order valence-electron chi connectivity index (χ2n) is 5.11. The van der Waals surface area contributed by atoms with Crippen LogP contribution in [0.2, 0.25) is 0 Å². The Morgan fingerprint density at radius 3 is 3.05 bits per heavy atom. The molecule has 102 valence electrons. The van der Waals surface area contributed by atoms with Gasteiger partial charge in [-0.3, -0.25) is 0 Å². The van der Waals surface area contributed by atoms with Gasteiger partial charge in [0.1, 0.15) is 6.23 Å². The van der Waals surface area contributed by atoms with Crippen LogP contribution in [-0.2, 0) is 4.74 Å². The van der Waals surface area contributed by atoms with Crippen molar-refractivity contribution >= 4 is 5.52 Å². The number of hydrogen-bond acceptors (Lipinski definition) is 3. The Kier molecular flexibility index (Phi) is 2.77. The van der Waals surface area contributed by atoms with Gasteiger partial charge in [0.15, 0.2) is 0 Å². The van der Waals surface area contributed by atoms with E-state index in [1.165, 1.54) is 6.42 Å². The number of fused-ring (bicyclic) bond motifs is 1. The summed E-state index contributed by atoms with van der Waals surface area (Å²) >= 11 is 0. The summed E-state index contributed by atoms with van der Waals surface area (Å²) in [6.45, 7) is 0.828. The number of nitrogens with zero attached hydrogens (tertiary/aromatic N) is 4. The van der Waals surface area contributed by atoms with E-state index in [4.69, 9.17) is 4.74 Å². The number of hydrogen-bond donors (Lipinski definition) is 0. The molecule has 1 atom stereocenters. The largest absolute Gasteiger partial charge is 0.357 e. The second kappa shape index (κ2) is 4.76. The van der Waals surface area contributed by atoms with Gasteiger partial charge in [-0.15, -0.1) is 0 Å². The van der Waals surface area contributed by atoms with Crippen LogP contribution in [0.25, 0.3) is 16.8 Å². The SMILES string of the molecule is c1cc(-c2cnn([C@@H]3CCCCO3)c2)n2nccc2c1. The standard InChI is InChI=1S/C15H16N4O/c1-2-9-20-15(6-1)18-11-12(10-17-18)14-5-3-4-13-7-8-16-19(13)14/h3-5,7-8,10-11,15H,1-2,6,9H2/t15-/m0/s1. The summed E-state index contributed by atoms with van der Waals surface area (Å²) in [6, 6.07) is 8.15. The summed E-state index contributed by atoms with van der Waals surface area (Å²) in [5.41, 5.74) is 3.20. The molecule has 0 unspecified atom stereocenters. The fraction of sp³-hybridized carbons (Fsp3) is 0.333. The molecule has 0 aromatic carbocycles. The van der Waals surface area contributed by atoms with Crippen LogP contribution in [0.15, 0.2) is 42.9 Å². The average Bonchev–Trinajstić information content (AvgIpc) is 3.17. The molecule has 0 radical (unpaired) electrons. The molecule has 1 aliphatic rings. The van der Waals surface area contributed by atoms with Crippen molar-refractivity contribution in [2.75, 3.05) is 6.61 Å². The lowest BCUT2D eigenvalue weighted by Crippen LogP contribution is -2.18. The van der Waals surface area contributed by atoms with Gasteiger partial charge in [0.25, 0.3) is 0 Å². The first kappa shape index (κ1) is 11.7. The molecule has 4 rings (SSSR count). The van der Waals surface area contributed by atoms with Gasteiger partial charge in [-0.05, 0) is 37.5 Å². The van der Waals surface area contributed by atoms with Gasteiger partial charge in [-0.2, -0.15) is 10.2 Å². The molecule has 0 amide bonds. The molecule has 1 aliphatic heterocycles. The van der Waals surface area contributed by atoms with E-state index in [-0.39, 0.29) is 6.23 Å². The summed E-state index contributed by atoms with van der Waals surface area (Å²) < 4.78 is 9.62. The van der Waals surface area contributed by atoms with Crippen LogP contribution in [0, 0.1) is 0 Å². The molecule has 20 heavy (non-hydrogen) atoms. The van der Waals surface area contributed by atoms with E-state index in [0.717, 1.165) is 36.2 Å². The topological polar surface area (TPSA) is 44.4 Å². The molecule has 3 aromatic heterocycles. The van der Waals surface area contributed by atoms with E-state index in [1.54, 1.807) is 0 Å². The molecule has 0 bridgehead atoms. The quantitative estimate of drug-likeness (QED) is 0.718. The molecular formula is C15H16N4O. The minimum absolute atomic E-state index is 0.0781. The van der Waals surface area contributed by atoms with Crippen molar-refractivity contribution < 1.29 is 4.74 Å². The van der Waals surface area contributed by atoms with Crippen LogP contribution in [0.5, 0.6) is 0 Å². The van der Waals surface area contributed by atoms with Gasteiger partial charge in [-0.25, -0.2) is 9.20 Å². The van der Waals surface area contributed by atoms with Crippen molar-refractivity contribution in [2.45, 2.75) is 25.5 Å². The first-order valence-electron chi connectivity index (χ1n) is 7.01. The summed E-state index contributed by atoms with van der Waals surface area (Å²) in [6.07, 6.45) is 9.21. The lowest BCUT2D eigenvalue weighted by atomic mass is 10.2. The van der Waals surface area contributed by atoms with Gasteiger partial charge in [0.2, 0.25) is 0 Å².